The van der Waals surface area contributed by atoms with Crippen LogP contribution in [0.3, 0.4) is 0 Å². The number of fused-ring (bicyclic) bond motifs is 1. The zero-order chi connectivity index (χ0) is 31.7. The lowest BCUT2D eigenvalue weighted by atomic mass is 10.1. The summed E-state index contributed by atoms with van der Waals surface area (Å²) in [6, 6.07) is 10.6. The van der Waals surface area contributed by atoms with Crippen LogP contribution in [0.4, 0.5) is 10.6 Å². The molecule has 0 saturated carbocycles. The lowest BCUT2D eigenvalue weighted by Gasteiger charge is -2.36. The van der Waals surface area contributed by atoms with Crippen LogP contribution in [0.5, 0.6) is 5.75 Å². The number of thiophene rings is 1. The number of amides is 1. The van der Waals surface area contributed by atoms with Crippen LogP contribution in [-0.2, 0) is 16.0 Å². The van der Waals surface area contributed by atoms with E-state index in [1.807, 2.05) is 32.9 Å². The molecule has 2 aliphatic rings. The van der Waals surface area contributed by atoms with Gasteiger partial charge in [-0.05, 0) is 69.9 Å². The molecule has 2 fully saturated rings. The standard InChI is InChI=1S/C33H49N5O4SSi/c1-32(2,3)41-31(39)34-24-12-14-37(15-13-24)22-26-21-27-28(43-26)30(38-16-18-40-19-17-38)36-29(35-27)23-10-9-11-25(20-23)42-44(7,8)33(4,5)6/h9-11,20-21,24H,12-19,22H2,1-8H3,(H,34,39). The fraction of sp³-hybridized carbons (Fsp3) is 0.606. The minimum atomic E-state index is -1.98. The van der Waals surface area contributed by atoms with Gasteiger partial charge in [-0.15, -0.1) is 11.3 Å². The van der Waals surface area contributed by atoms with E-state index >= 15 is 0 Å². The van der Waals surface area contributed by atoms with E-state index in [2.05, 4.69) is 67.2 Å². The van der Waals surface area contributed by atoms with Crippen LogP contribution >= 0.6 is 11.3 Å². The lowest BCUT2D eigenvalue weighted by molar-refractivity contribution is 0.0477. The van der Waals surface area contributed by atoms with Crippen molar-refractivity contribution in [1.82, 2.24) is 20.2 Å². The Morgan fingerprint density at radius 1 is 1.05 bits per heavy atom. The van der Waals surface area contributed by atoms with Crippen LogP contribution in [-0.4, -0.2) is 80.3 Å². The summed E-state index contributed by atoms with van der Waals surface area (Å²) in [4.78, 5) is 28.6. The first-order valence-corrected chi connectivity index (χ1v) is 19.5. The number of carbonyl (C=O) groups excluding carboxylic acids is 1. The van der Waals surface area contributed by atoms with Crippen molar-refractivity contribution in [2.75, 3.05) is 44.3 Å². The minimum absolute atomic E-state index is 0.110. The predicted molar refractivity (Wildman–Crippen MR) is 181 cm³/mol. The van der Waals surface area contributed by atoms with Crippen molar-refractivity contribution in [3.05, 3.63) is 35.2 Å². The van der Waals surface area contributed by atoms with E-state index in [1.54, 1.807) is 11.3 Å². The van der Waals surface area contributed by atoms with Gasteiger partial charge in [-0.3, -0.25) is 4.90 Å². The maximum Gasteiger partial charge on any atom is 0.407 e. The van der Waals surface area contributed by atoms with Crippen LogP contribution in [0, 0.1) is 0 Å². The van der Waals surface area contributed by atoms with Crippen molar-refractivity contribution < 1.29 is 18.7 Å². The maximum absolute atomic E-state index is 12.2. The number of benzene rings is 1. The number of rotatable bonds is 7. The molecule has 240 valence electrons. The fourth-order valence-corrected chi connectivity index (χ4v) is 7.41. The second-order valence-electron chi connectivity index (χ2n) is 14.5. The van der Waals surface area contributed by atoms with Gasteiger partial charge in [-0.2, -0.15) is 0 Å². The highest BCUT2D eigenvalue weighted by atomic mass is 32.1. The fourth-order valence-electron chi connectivity index (χ4n) is 5.24. The molecule has 2 aromatic heterocycles. The SMILES string of the molecule is CC(C)(C)OC(=O)NC1CCN(Cc2cc3nc(-c4cccc(O[Si](C)(C)C(C)(C)C)c4)nc(N4CCOCC4)c3s2)CC1. The molecule has 0 spiro atoms. The Bertz CT molecular complexity index is 1450. The molecule has 1 aromatic carbocycles. The van der Waals surface area contributed by atoms with Crippen molar-refractivity contribution in [2.24, 2.45) is 0 Å². The largest absolute Gasteiger partial charge is 0.543 e. The quantitative estimate of drug-likeness (QED) is 0.275. The first-order valence-electron chi connectivity index (χ1n) is 15.8. The molecule has 0 atom stereocenters. The second-order valence-corrected chi connectivity index (χ2v) is 20.3. The predicted octanol–water partition coefficient (Wildman–Crippen LogP) is 7.07. The highest BCUT2D eigenvalue weighted by Gasteiger charge is 2.39. The van der Waals surface area contributed by atoms with Crippen LogP contribution in [0.2, 0.25) is 18.1 Å². The molecular formula is C33H49N5O4SSi. The summed E-state index contributed by atoms with van der Waals surface area (Å²) < 4.78 is 18.9. The summed E-state index contributed by atoms with van der Waals surface area (Å²) in [5, 5.41) is 3.15. The number of anilines is 1. The maximum atomic E-state index is 12.2. The Hall–Kier alpha value is -2.73. The number of carbonyl (C=O) groups is 1. The van der Waals surface area contributed by atoms with E-state index in [9.17, 15) is 4.79 Å². The van der Waals surface area contributed by atoms with E-state index in [0.717, 1.165) is 78.7 Å². The van der Waals surface area contributed by atoms with E-state index in [4.69, 9.17) is 23.9 Å². The van der Waals surface area contributed by atoms with E-state index < -0.39 is 13.9 Å². The van der Waals surface area contributed by atoms with Crippen LogP contribution in [0.1, 0.15) is 59.3 Å². The highest BCUT2D eigenvalue weighted by molar-refractivity contribution is 7.19. The lowest BCUT2D eigenvalue weighted by Crippen LogP contribution is -2.45. The van der Waals surface area contributed by atoms with Gasteiger partial charge in [0.1, 0.15) is 11.4 Å². The van der Waals surface area contributed by atoms with Gasteiger partial charge >= 0.3 is 6.09 Å². The zero-order valence-electron chi connectivity index (χ0n) is 27.7. The van der Waals surface area contributed by atoms with Crippen molar-refractivity contribution in [1.29, 1.82) is 0 Å². The van der Waals surface area contributed by atoms with Gasteiger partial charge < -0.3 is 24.1 Å². The molecule has 2 aliphatic heterocycles. The van der Waals surface area contributed by atoms with E-state index in [0.29, 0.717) is 13.2 Å². The summed E-state index contributed by atoms with van der Waals surface area (Å²) in [5.74, 6) is 2.58. The summed E-state index contributed by atoms with van der Waals surface area (Å²) in [7, 11) is -1.98. The molecule has 9 nitrogen and oxygen atoms in total. The normalized spacial score (nSPS) is 17.6. The van der Waals surface area contributed by atoms with Gasteiger partial charge in [0.15, 0.2) is 11.6 Å². The molecule has 1 amide bonds. The Balaban J connectivity index is 1.35. The molecule has 4 heterocycles. The number of nitrogens with one attached hydrogen (secondary N) is 1. The molecule has 0 unspecified atom stereocenters. The Morgan fingerprint density at radius 2 is 1.75 bits per heavy atom. The van der Waals surface area contributed by atoms with Crippen molar-refractivity contribution in [3.63, 3.8) is 0 Å². The number of morpholine rings is 1. The molecule has 2 saturated heterocycles. The zero-order valence-corrected chi connectivity index (χ0v) is 29.5. The number of alkyl carbamates (subject to hydrolysis) is 1. The van der Waals surface area contributed by atoms with Crippen molar-refractivity contribution in [3.8, 4) is 17.1 Å². The topological polar surface area (TPSA) is 89.0 Å². The Morgan fingerprint density at radius 3 is 2.41 bits per heavy atom. The summed E-state index contributed by atoms with van der Waals surface area (Å²) in [6.45, 7) is 22.7. The van der Waals surface area contributed by atoms with Crippen molar-refractivity contribution in [2.45, 2.75) is 90.7 Å². The molecule has 0 radical (unpaired) electrons. The third-order valence-corrected chi connectivity index (χ3v) is 14.1. The molecule has 11 heteroatoms. The number of ether oxygens (including phenoxy) is 2. The first-order chi connectivity index (χ1) is 20.7. The molecule has 1 N–H and O–H groups in total. The Kier molecular flexibility index (Phi) is 9.60. The van der Waals surface area contributed by atoms with Crippen LogP contribution < -0.4 is 14.6 Å². The van der Waals surface area contributed by atoms with Gasteiger partial charge in [0.2, 0.25) is 8.32 Å². The van der Waals surface area contributed by atoms with Gasteiger partial charge in [-0.25, -0.2) is 14.8 Å². The molecule has 0 aliphatic carbocycles. The van der Waals surface area contributed by atoms with Crippen LogP contribution in [0.15, 0.2) is 30.3 Å². The summed E-state index contributed by atoms with van der Waals surface area (Å²) >= 11 is 1.79. The molecule has 5 rings (SSSR count). The minimum Gasteiger partial charge on any atom is -0.543 e. The van der Waals surface area contributed by atoms with Gasteiger partial charge in [0.05, 0.1) is 23.4 Å². The summed E-state index contributed by atoms with van der Waals surface area (Å²) in [5.41, 5.74) is 1.45. The Labute approximate surface area is 267 Å². The second kappa shape index (κ2) is 12.9. The van der Waals surface area contributed by atoms with Gasteiger partial charge in [0.25, 0.3) is 0 Å². The van der Waals surface area contributed by atoms with Crippen molar-refractivity contribution >= 4 is 41.8 Å². The summed E-state index contributed by atoms with van der Waals surface area (Å²) in [6.07, 6.45) is 1.48. The third kappa shape index (κ3) is 8.10. The molecule has 3 aromatic rings. The average molecular weight is 640 g/mol. The van der Waals surface area contributed by atoms with Crippen LogP contribution in [0.25, 0.3) is 21.6 Å². The van der Waals surface area contributed by atoms with Gasteiger partial charge in [-0.1, -0.05) is 32.9 Å². The molecule has 0 bridgehead atoms. The third-order valence-electron chi connectivity index (χ3n) is 8.67. The first kappa shape index (κ1) is 32.7. The number of hydrogen-bond donors (Lipinski definition) is 1. The number of piperidine rings is 1. The number of hydrogen-bond acceptors (Lipinski definition) is 9. The van der Waals surface area contributed by atoms with E-state index in [1.165, 1.54) is 4.88 Å². The monoisotopic (exact) mass is 639 g/mol. The average Bonchev–Trinajstić information content (AvgIpc) is 3.34. The molecule has 44 heavy (non-hydrogen) atoms. The number of aromatic nitrogens is 2. The number of nitrogens with zero attached hydrogens (tertiary/aromatic N) is 4. The van der Waals surface area contributed by atoms with E-state index in [-0.39, 0.29) is 17.2 Å². The van der Waals surface area contributed by atoms with Gasteiger partial charge in [0, 0.05) is 49.2 Å². The number of likely N-dealkylation sites (tertiary alicyclic amines) is 1. The smallest absolute Gasteiger partial charge is 0.407 e. The highest BCUT2D eigenvalue weighted by Crippen LogP contribution is 2.39. The molecular weight excluding hydrogens is 591 g/mol.